The summed E-state index contributed by atoms with van der Waals surface area (Å²) >= 11 is 3.37. The molecule has 0 amide bonds. The van der Waals surface area contributed by atoms with Crippen LogP contribution in [0.25, 0.3) is 43.1 Å². The minimum Gasteiger partial charge on any atom is -0.289 e. The predicted molar refractivity (Wildman–Crippen MR) is 163 cm³/mol. The molecule has 38 heavy (non-hydrogen) atoms. The first-order chi connectivity index (χ1) is 18.6. The van der Waals surface area contributed by atoms with Crippen LogP contribution in [0.3, 0.4) is 0 Å². The highest BCUT2D eigenvalue weighted by atomic mass is 32.1. The van der Waals surface area contributed by atoms with Crippen molar-refractivity contribution in [3.63, 3.8) is 0 Å². The Morgan fingerprint density at radius 3 is 1.34 bits per heavy atom. The summed E-state index contributed by atoms with van der Waals surface area (Å²) in [5, 5.41) is 4.35. The highest BCUT2D eigenvalue weighted by Crippen LogP contribution is 2.39. The smallest absolute Gasteiger partial charge is 0.194 e. The molecule has 1 nitrogen and oxygen atoms in total. The topological polar surface area (TPSA) is 17.1 Å². The average Bonchev–Trinajstić information content (AvgIpc) is 3.65. The van der Waals surface area contributed by atoms with Crippen molar-refractivity contribution < 1.29 is 4.79 Å². The van der Waals surface area contributed by atoms with E-state index in [0.717, 1.165) is 43.1 Å². The molecule has 6 aromatic rings. The maximum absolute atomic E-state index is 14.2. The van der Waals surface area contributed by atoms with Gasteiger partial charge < -0.3 is 0 Å². The lowest BCUT2D eigenvalue weighted by atomic mass is 9.91. The molecule has 6 rings (SSSR count). The van der Waals surface area contributed by atoms with Crippen LogP contribution >= 0.6 is 22.7 Å². The van der Waals surface area contributed by atoms with Crippen molar-refractivity contribution in [3.8, 4) is 43.1 Å². The fourth-order valence-electron chi connectivity index (χ4n) is 4.78. The van der Waals surface area contributed by atoms with Gasteiger partial charge in [0.05, 0.1) is 0 Å². The van der Waals surface area contributed by atoms with E-state index >= 15 is 0 Å². The van der Waals surface area contributed by atoms with E-state index in [2.05, 4.69) is 97.4 Å². The van der Waals surface area contributed by atoms with Crippen LogP contribution in [0.1, 0.15) is 27.0 Å². The molecule has 0 N–H and O–H groups in total. The van der Waals surface area contributed by atoms with Crippen molar-refractivity contribution in [2.45, 2.75) is 13.8 Å². The second-order valence-corrected chi connectivity index (χ2v) is 11.4. The van der Waals surface area contributed by atoms with E-state index in [1.54, 1.807) is 22.7 Å². The molecule has 0 aliphatic rings. The highest BCUT2D eigenvalue weighted by Gasteiger charge is 2.21. The Bertz CT molecular complexity index is 1610. The van der Waals surface area contributed by atoms with Crippen molar-refractivity contribution in [1.29, 1.82) is 0 Å². The van der Waals surface area contributed by atoms with E-state index in [0.29, 0.717) is 0 Å². The molecule has 0 bridgehead atoms. The van der Waals surface area contributed by atoms with Crippen LogP contribution in [0.2, 0.25) is 0 Å². The summed E-state index contributed by atoms with van der Waals surface area (Å²) in [6, 6.07) is 37.5. The van der Waals surface area contributed by atoms with E-state index in [-0.39, 0.29) is 5.78 Å². The third kappa shape index (κ3) is 4.79. The molecule has 4 aromatic carbocycles. The summed E-state index contributed by atoms with van der Waals surface area (Å²) in [5.41, 5.74) is 10.5. The second-order valence-electron chi connectivity index (χ2n) is 9.56. The lowest BCUT2D eigenvalue weighted by Crippen LogP contribution is -2.05. The number of ketones is 1. The standard InChI is InChI=1S/C35H26OS2/c1-23-13-15-29(31(17-23)33-19-27(21-37-33)25-9-5-3-6-10-25)35(36)30-16-14-24(2)18-32(30)34-20-28(22-38-34)26-11-7-4-8-12-26/h3-22H,1-2H3. The maximum atomic E-state index is 14.2. The van der Waals surface area contributed by atoms with Gasteiger partial charge in [-0.05, 0) is 71.1 Å². The van der Waals surface area contributed by atoms with Gasteiger partial charge in [0.1, 0.15) is 0 Å². The molecule has 184 valence electrons. The zero-order valence-electron chi connectivity index (χ0n) is 21.3. The number of aryl methyl sites for hydroxylation is 2. The van der Waals surface area contributed by atoms with Gasteiger partial charge in [-0.2, -0.15) is 0 Å². The Hall–Kier alpha value is -4.05. The molecular weight excluding hydrogens is 501 g/mol. The summed E-state index contributed by atoms with van der Waals surface area (Å²) in [7, 11) is 0. The van der Waals surface area contributed by atoms with E-state index < -0.39 is 0 Å². The predicted octanol–water partition coefficient (Wildman–Crippen LogP) is 10.3. The maximum Gasteiger partial charge on any atom is 0.194 e. The minimum atomic E-state index is 0.0549. The van der Waals surface area contributed by atoms with Crippen LogP contribution in [0.15, 0.2) is 120 Å². The fraction of sp³-hybridized carbons (Fsp3) is 0.0571. The Morgan fingerprint density at radius 1 is 0.500 bits per heavy atom. The van der Waals surface area contributed by atoms with Crippen molar-refractivity contribution in [2.24, 2.45) is 0 Å². The van der Waals surface area contributed by atoms with Gasteiger partial charge in [0, 0.05) is 32.0 Å². The molecular formula is C35H26OS2. The first kappa shape index (κ1) is 24.3. The summed E-state index contributed by atoms with van der Waals surface area (Å²) in [6.45, 7) is 4.16. The quantitative estimate of drug-likeness (QED) is 0.197. The van der Waals surface area contributed by atoms with Crippen molar-refractivity contribution in [3.05, 3.63) is 142 Å². The molecule has 0 aliphatic carbocycles. The lowest BCUT2D eigenvalue weighted by molar-refractivity contribution is 0.104. The van der Waals surface area contributed by atoms with E-state index in [1.807, 2.05) is 36.4 Å². The monoisotopic (exact) mass is 526 g/mol. The number of hydrogen-bond donors (Lipinski definition) is 0. The van der Waals surface area contributed by atoms with Crippen LogP contribution in [0.5, 0.6) is 0 Å². The first-order valence-electron chi connectivity index (χ1n) is 12.6. The molecule has 2 aromatic heterocycles. The molecule has 0 atom stereocenters. The average molecular weight is 527 g/mol. The molecule has 0 unspecified atom stereocenters. The Labute approximate surface area is 231 Å². The van der Waals surface area contributed by atoms with Crippen LogP contribution in [0.4, 0.5) is 0 Å². The Balaban J connectivity index is 1.42. The van der Waals surface area contributed by atoms with Gasteiger partial charge in [0.15, 0.2) is 5.78 Å². The highest BCUT2D eigenvalue weighted by molar-refractivity contribution is 7.14. The number of carbonyl (C=O) groups is 1. The normalized spacial score (nSPS) is 11.0. The van der Waals surface area contributed by atoms with Gasteiger partial charge in [-0.25, -0.2) is 0 Å². The van der Waals surface area contributed by atoms with Crippen LogP contribution in [-0.2, 0) is 0 Å². The summed E-state index contributed by atoms with van der Waals surface area (Å²) in [4.78, 5) is 16.4. The molecule has 0 aliphatic heterocycles. The van der Waals surface area contributed by atoms with Gasteiger partial charge in [0.2, 0.25) is 0 Å². The second kappa shape index (κ2) is 10.4. The van der Waals surface area contributed by atoms with E-state index in [1.165, 1.54) is 22.3 Å². The molecule has 0 saturated heterocycles. The van der Waals surface area contributed by atoms with Crippen molar-refractivity contribution in [2.75, 3.05) is 0 Å². The molecule has 0 saturated carbocycles. The van der Waals surface area contributed by atoms with Gasteiger partial charge in [-0.3, -0.25) is 4.79 Å². The number of carbonyl (C=O) groups excluding carboxylic acids is 1. The van der Waals surface area contributed by atoms with Crippen molar-refractivity contribution >= 4 is 28.5 Å². The minimum absolute atomic E-state index is 0.0549. The first-order valence-corrected chi connectivity index (χ1v) is 14.4. The number of hydrogen-bond acceptors (Lipinski definition) is 3. The van der Waals surface area contributed by atoms with Crippen LogP contribution < -0.4 is 0 Å². The third-order valence-corrected chi connectivity index (χ3v) is 8.71. The Morgan fingerprint density at radius 2 is 0.921 bits per heavy atom. The number of rotatable bonds is 6. The summed E-state index contributed by atoms with van der Waals surface area (Å²) in [6.07, 6.45) is 0. The number of thiophene rings is 2. The van der Waals surface area contributed by atoms with Gasteiger partial charge in [0.25, 0.3) is 0 Å². The number of benzene rings is 4. The molecule has 0 spiro atoms. The fourth-order valence-corrected chi connectivity index (χ4v) is 6.68. The molecule has 3 heteroatoms. The van der Waals surface area contributed by atoms with Crippen LogP contribution in [0, 0.1) is 13.8 Å². The zero-order chi connectivity index (χ0) is 26.1. The molecule has 0 fully saturated rings. The summed E-state index contributed by atoms with van der Waals surface area (Å²) < 4.78 is 0. The van der Waals surface area contributed by atoms with E-state index in [4.69, 9.17) is 0 Å². The van der Waals surface area contributed by atoms with Crippen molar-refractivity contribution in [1.82, 2.24) is 0 Å². The van der Waals surface area contributed by atoms with Gasteiger partial charge in [-0.15, -0.1) is 22.7 Å². The van der Waals surface area contributed by atoms with Gasteiger partial charge >= 0.3 is 0 Å². The van der Waals surface area contributed by atoms with Gasteiger partial charge in [-0.1, -0.05) is 96.1 Å². The lowest BCUT2D eigenvalue weighted by Gasteiger charge is -2.12. The third-order valence-electron chi connectivity index (χ3n) is 6.78. The van der Waals surface area contributed by atoms with Crippen LogP contribution in [-0.4, -0.2) is 5.78 Å². The van der Waals surface area contributed by atoms with E-state index in [9.17, 15) is 4.79 Å². The molecule has 2 heterocycles. The summed E-state index contributed by atoms with van der Waals surface area (Å²) in [5.74, 6) is 0.0549. The Kier molecular flexibility index (Phi) is 6.63. The zero-order valence-corrected chi connectivity index (χ0v) is 22.9. The molecule has 0 radical (unpaired) electrons. The largest absolute Gasteiger partial charge is 0.289 e. The SMILES string of the molecule is Cc1ccc(C(=O)c2ccc(C)cc2-c2cc(-c3ccccc3)cs2)c(-c2cc(-c3ccccc3)cs2)c1.